The molecule has 0 spiro atoms. The third-order valence-corrected chi connectivity index (χ3v) is 7.10. The Bertz CT molecular complexity index is 1430. The highest BCUT2D eigenvalue weighted by molar-refractivity contribution is 5.98. The number of nitrogens with zero attached hydrogens (tertiary/aromatic N) is 5. The third kappa shape index (κ3) is 6.82. The van der Waals surface area contributed by atoms with E-state index in [1.165, 1.54) is 0 Å². The number of carbonyl (C=O) groups is 1. The fourth-order valence-corrected chi connectivity index (χ4v) is 5.01. The lowest BCUT2D eigenvalue weighted by molar-refractivity contribution is 0.0603. The molecule has 1 aromatic carbocycles. The van der Waals surface area contributed by atoms with Gasteiger partial charge in [-0.2, -0.15) is 0 Å². The summed E-state index contributed by atoms with van der Waals surface area (Å²) in [6, 6.07) is 13.4. The molecular formula is C31H39N7O3. The largest absolute Gasteiger partial charge is 0.467 e. The Morgan fingerprint density at radius 3 is 2.63 bits per heavy atom. The topological polar surface area (TPSA) is 122 Å². The van der Waals surface area contributed by atoms with Crippen LogP contribution in [0.3, 0.4) is 0 Å². The van der Waals surface area contributed by atoms with Gasteiger partial charge in [0.15, 0.2) is 0 Å². The van der Waals surface area contributed by atoms with Crippen molar-refractivity contribution in [2.24, 2.45) is 5.92 Å². The smallest absolute Gasteiger partial charge is 0.259 e. The van der Waals surface area contributed by atoms with E-state index in [9.17, 15) is 4.79 Å². The van der Waals surface area contributed by atoms with Gasteiger partial charge in [-0.25, -0.2) is 9.97 Å². The van der Waals surface area contributed by atoms with Gasteiger partial charge in [-0.1, -0.05) is 52.8 Å². The van der Waals surface area contributed by atoms with Crippen molar-refractivity contribution in [2.45, 2.75) is 65.0 Å². The van der Waals surface area contributed by atoms with Crippen LogP contribution >= 0.6 is 0 Å². The Balaban J connectivity index is 1.40. The van der Waals surface area contributed by atoms with Gasteiger partial charge in [0.05, 0.1) is 18.7 Å². The van der Waals surface area contributed by atoms with Gasteiger partial charge in [-0.3, -0.25) is 4.79 Å². The van der Waals surface area contributed by atoms with E-state index in [4.69, 9.17) is 13.8 Å². The van der Waals surface area contributed by atoms with Crippen LogP contribution < -0.4 is 10.6 Å². The zero-order chi connectivity index (χ0) is 29.0. The average Bonchev–Trinajstić information content (AvgIpc) is 3.67. The van der Waals surface area contributed by atoms with Crippen LogP contribution in [0, 0.1) is 5.92 Å². The number of rotatable bonds is 9. The zero-order valence-electron chi connectivity index (χ0n) is 24.4. The third-order valence-electron chi connectivity index (χ3n) is 7.10. The van der Waals surface area contributed by atoms with Gasteiger partial charge in [-0.15, -0.1) is 10.2 Å². The Morgan fingerprint density at radius 2 is 1.93 bits per heavy atom. The van der Waals surface area contributed by atoms with E-state index in [1.807, 2.05) is 47.4 Å². The molecule has 41 heavy (non-hydrogen) atoms. The summed E-state index contributed by atoms with van der Waals surface area (Å²) in [5.41, 5.74) is 1.05. The summed E-state index contributed by atoms with van der Waals surface area (Å²) in [6.07, 6.45) is 4.00. The molecule has 1 aliphatic heterocycles. The number of benzene rings is 1. The number of piperidine rings is 1. The molecule has 0 saturated carbocycles. The zero-order valence-corrected chi connectivity index (χ0v) is 24.4. The second-order valence-electron chi connectivity index (χ2n) is 12.0. The van der Waals surface area contributed by atoms with Crippen molar-refractivity contribution >= 4 is 11.7 Å². The molecule has 3 aromatic heterocycles. The van der Waals surface area contributed by atoms with Gasteiger partial charge >= 0.3 is 0 Å². The SMILES string of the molecule is CC(C)CN(C(=O)c1cnc(C(C)(C)C)nc1NCc1ccco1)C1CNCC(c2nnc(-c3ccccc3)o2)C1. The van der Waals surface area contributed by atoms with Crippen LogP contribution in [-0.4, -0.2) is 56.6 Å². The maximum absolute atomic E-state index is 14.3. The molecule has 0 radical (unpaired) electrons. The van der Waals surface area contributed by atoms with E-state index in [1.54, 1.807) is 12.5 Å². The molecule has 1 fully saturated rings. The first-order valence-electron chi connectivity index (χ1n) is 14.2. The van der Waals surface area contributed by atoms with Crippen molar-refractivity contribution in [2.75, 3.05) is 25.0 Å². The van der Waals surface area contributed by atoms with Gasteiger partial charge in [-0.05, 0) is 36.6 Å². The van der Waals surface area contributed by atoms with E-state index in [2.05, 4.69) is 60.4 Å². The number of nitrogens with one attached hydrogen (secondary N) is 2. The monoisotopic (exact) mass is 557 g/mol. The second kappa shape index (κ2) is 12.2. The van der Waals surface area contributed by atoms with Crippen molar-refractivity contribution in [3.8, 4) is 11.5 Å². The summed E-state index contributed by atoms with van der Waals surface area (Å²) in [6.45, 7) is 12.8. The minimum atomic E-state index is -0.274. The number of amides is 1. The number of anilines is 1. The highest BCUT2D eigenvalue weighted by atomic mass is 16.4. The van der Waals surface area contributed by atoms with Crippen molar-refractivity contribution < 1.29 is 13.6 Å². The van der Waals surface area contributed by atoms with Gasteiger partial charge in [0.1, 0.15) is 23.0 Å². The summed E-state index contributed by atoms with van der Waals surface area (Å²) >= 11 is 0. The molecule has 2 atom stereocenters. The summed E-state index contributed by atoms with van der Waals surface area (Å²) in [7, 11) is 0. The van der Waals surface area contributed by atoms with Crippen LogP contribution in [0.1, 0.15) is 74.8 Å². The Morgan fingerprint density at radius 1 is 1.12 bits per heavy atom. The lowest BCUT2D eigenvalue weighted by atomic mass is 9.93. The Labute approximate surface area is 241 Å². The summed E-state index contributed by atoms with van der Waals surface area (Å²) in [4.78, 5) is 25.6. The molecule has 2 N–H and O–H groups in total. The van der Waals surface area contributed by atoms with Crippen LogP contribution in [0.2, 0.25) is 0 Å². The summed E-state index contributed by atoms with van der Waals surface area (Å²) < 4.78 is 11.6. The van der Waals surface area contributed by atoms with Gasteiger partial charge in [0, 0.05) is 42.9 Å². The number of aromatic nitrogens is 4. The molecule has 216 valence electrons. The summed E-state index contributed by atoms with van der Waals surface area (Å²) in [5, 5.41) is 15.5. The van der Waals surface area contributed by atoms with E-state index in [0.29, 0.717) is 61.6 Å². The van der Waals surface area contributed by atoms with E-state index in [0.717, 1.165) is 11.3 Å². The van der Waals surface area contributed by atoms with E-state index in [-0.39, 0.29) is 29.2 Å². The van der Waals surface area contributed by atoms with Crippen molar-refractivity contribution in [1.29, 1.82) is 0 Å². The molecule has 10 nitrogen and oxygen atoms in total. The molecule has 0 bridgehead atoms. The fourth-order valence-electron chi connectivity index (χ4n) is 5.01. The Hall–Kier alpha value is -4.05. The van der Waals surface area contributed by atoms with Crippen molar-refractivity contribution in [3.63, 3.8) is 0 Å². The van der Waals surface area contributed by atoms with Gasteiger partial charge in [0.2, 0.25) is 11.8 Å². The number of furan rings is 1. The van der Waals surface area contributed by atoms with Gasteiger partial charge in [0.25, 0.3) is 5.91 Å². The van der Waals surface area contributed by atoms with Crippen LogP contribution in [0.4, 0.5) is 5.82 Å². The standard InChI is InChI=1S/C31H39N7O3/c1-20(2)19-38(23-14-22(15-32-16-23)28-37-36-27(41-28)21-10-7-6-8-11-21)29(39)25-18-34-30(31(3,4)5)35-26(25)33-17-24-12-9-13-40-24/h6-13,18,20,22-23,32H,14-17,19H2,1-5H3,(H,33,34,35). The summed E-state index contributed by atoms with van der Waals surface area (Å²) in [5.74, 6) is 3.15. The quantitative estimate of drug-likeness (QED) is 0.283. The predicted octanol–water partition coefficient (Wildman–Crippen LogP) is 5.27. The predicted molar refractivity (Wildman–Crippen MR) is 156 cm³/mol. The molecule has 4 aromatic rings. The maximum Gasteiger partial charge on any atom is 0.259 e. The van der Waals surface area contributed by atoms with Crippen LogP contribution in [0.25, 0.3) is 11.5 Å². The van der Waals surface area contributed by atoms with Crippen LogP contribution in [0.5, 0.6) is 0 Å². The first kappa shape index (κ1) is 28.5. The molecule has 1 amide bonds. The molecular weight excluding hydrogens is 518 g/mol. The lowest BCUT2D eigenvalue weighted by Gasteiger charge is -2.38. The average molecular weight is 558 g/mol. The first-order valence-corrected chi connectivity index (χ1v) is 14.2. The lowest BCUT2D eigenvalue weighted by Crippen LogP contribution is -2.52. The first-order chi connectivity index (χ1) is 19.7. The minimum absolute atomic E-state index is 0.0164. The number of hydrogen-bond donors (Lipinski definition) is 2. The highest BCUT2D eigenvalue weighted by Gasteiger charge is 2.35. The normalized spacial score (nSPS) is 17.5. The molecule has 0 aliphatic carbocycles. The minimum Gasteiger partial charge on any atom is -0.467 e. The van der Waals surface area contributed by atoms with E-state index >= 15 is 0 Å². The molecule has 4 heterocycles. The van der Waals surface area contributed by atoms with Crippen LogP contribution in [-0.2, 0) is 12.0 Å². The van der Waals surface area contributed by atoms with Crippen molar-refractivity contribution in [3.05, 3.63) is 78.0 Å². The Kier molecular flexibility index (Phi) is 8.49. The second-order valence-corrected chi connectivity index (χ2v) is 12.0. The highest BCUT2D eigenvalue weighted by Crippen LogP contribution is 2.30. The molecule has 2 unspecified atom stereocenters. The molecule has 1 saturated heterocycles. The van der Waals surface area contributed by atoms with Crippen LogP contribution in [0.15, 0.2) is 63.8 Å². The van der Waals surface area contributed by atoms with Crippen molar-refractivity contribution in [1.82, 2.24) is 30.4 Å². The van der Waals surface area contributed by atoms with E-state index < -0.39 is 0 Å². The van der Waals surface area contributed by atoms with Gasteiger partial charge < -0.3 is 24.4 Å². The molecule has 5 rings (SSSR count). The number of carbonyl (C=O) groups excluding carboxylic acids is 1. The molecule has 1 aliphatic rings. The maximum atomic E-state index is 14.3. The fraction of sp³-hybridized carbons (Fsp3) is 0.452. The molecule has 10 heteroatoms. The number of hydrogen-bond acceptors (Lipinski definition) is 9.